The van der Waals surface area contributed by atoms with Crippen LogP contribution in [-0.4, -0.2) is 17.0 Å². The minimum absolute atomic E-state index is 0.214. The summed E-state index contributed by atoms with van der Waals surface area (Å²) in [6.07, 6.45) is 1.47. The van der Waals surface area contributed by atoms with Crippen LogP contribution in [0.2, 0.25) is 10.0 Å². The standard InChI is InChI=1S/C13H12BrCl2NO3/c14-8-3-4-9(11(16)10(8)15)17-12(18)6-1-2-7(5-6)13(19)20/h3-4,6-7H,1-2,5H2,(H,17,18)(H,19,20)/t6-,7+/m1/s1. The molecule has 7 heteroatoms. The summed E-state index contributed by atoms with van der Waals surface area (Å²) in [7, 11) is 0. The van der Waals surface area contributed by atoms with Crippen molar-refractivity contribution >= 4 is 56.7 Å². The van der Waals surface area contributed by atoms with E-state index in [0.717, 1.165) is 0 Å². The molecule has 2 rings (SSSR count). The Labute approximate surface area is 134 Å². The second-order valence-electron chi connectivity index (χ2n) is 4.76. The molecule has 0 aliphatic heterocycles. The summed E-state index contributed by atoms with van der Waals surface area (Å²) >= 11 is 15.3. The lowest BCUT2D eigenvalue weighted by atomic mass is 10.0. The van der Waals surface area contributed by atoms with Crippen molar-refractivity contribution in [2.24, 2.45) is 11.8 Å². The van der Waals surface area contributed by atoms with E-state index in [1.807, 2.05) is 0 Å². The molecular formula is C13H12BrCl2NO3. The Bertz CT molecular complexity index is 565. The van der Waals surface area contributed by atoms with Crippen molar-refractivity contribution in [3.05, 3.63) is 26.7 Å². The minimum atomic E-state index is -0.843. The zero-order valence-electron chi connectivity index (χ0n) is 10.3. The number of aliphatic carboxylic acids is 1. The third kappa shape index (κ3) is 3.27. The molecule has 2 N–H and O–H groups in total. The number of carbonyl (C=O) groups excluding carboxylic acids is 1. The quantitative estimate of drug-likeness (QED) is 0.772. The molecule has 0 unspecified atom stereocenters. The molecule has 108 valence electrons. The Kier molecular flexibility index (Phi) is 4.94. The molecule has 4 nitrogen and oxygen atoms in total. The van der Waals surface area contributed by atoms with Crippen LogP contribution in [0.3, 0.4) is 0 Å². The Morgan fingerprint density at radius 1 is 1.20 bits per heavy atom. The Morgan fingerprint density at radius 3 is 2.45 bits per heavy atom. The van der Waals surface area contributed by atoms with E-state index in [1.54, 1.807) is 12.1 Å². The maximum atomic E-state index is 12.1. The second kappa shape index (κ2) is 6.33. The molecule has 1 aliphatic carbocycles. The van der Waals surface area contributed by atoms with Crippen molar-refractivity contribution in [3.63, 3.8) is 0 Å². The summed E-state index contributed by atoms with van der Waals surface area (Å²) in [6, 6.07) is 3.35. The molecule has 2 atom stereocenters. The molecule has 1 aliphatic rings. The van der Waals surface area contributed by atoms with E-state index in [1.165, 1.54) is 0 Å². The van der Waals surface area contributed by atoms with E-state index in [2.05, 4.69) is 21.2 Å². The van der Waals surface area contributed by atoms with Gasteiger partial charge < -0.3 is 10.4 Å². The normalized spacial score (nSPS) is 21.8. The molecule has 0 bridgehead atoms. The minimum Gasteiger partial charge on any atom is -0.481 e. The number of hydrogen-bond donors (Lipinski definition) is 2. The van der Waals surface area contributed by atoms with Crippen molar-refractivity contribution in [2.75, 3.05) is 5.32 Å². The first-order valence-corrected chi connectivity index (χ1v) is 7.62. The smallest absolute Gasteiger partial charge is 0.306 e. The number of carbonyl (C=O) groups is 2. The predicted molar refractivity (Wildman–Crippen MR) is 81.3 cm³/mol. The average Bonchev–Trinajstić information content (AvgIpc) is 2.89. The van der Waals surface area contributed by atoms with Gasteiger partial charge in [0.2, 0.25) is 5.91 Å². The molecule has 1 saturated carbocycles. The maximum absolute atomic E-state index is 12.1. The van der Waals surface area contributed by atoms with Gasteiger partial charge in [0, 0.05) is 10.4 Å². The van der Waals surface area contributed by atoms with Crippen LogP contribution in [0.5, 0.6) is 0 Å². The molecule has 0 heterocycles. The number of hydrogen-bond acceptors (Lipinski definition) is 2. The summed E-state index contributed by atoms with van der Waals surface area (Å²) in [4.78, 5) is 23.0. The number of carboxylic acids is 1. The molecule has 0 spiro atoms. The van der Waals surface area contributed by atoms with Gasteiger partial charge in [-0.2, -0.15) is 0 Å². The summed E-state index contributed by atoms with van der Waals surface area (Å²) in [5.41, 5.74) is 0.434. The molecule has 1 aromatic carbocycles. The number of rotatable bonds is 3. The molecule has 1 amide bonds. The molecule has 0 radical (unpaired) electrons. The lowest BCUT2D eigenvalue weighted by molar-refractivity contribution is -0.141. The highest BCUT2D eigenvalue weighted by atomic mass is 79.9. The highest BCUT2D eigenvalue weighted by molar-refractivity contribution is 9.10. The van der Waals surface area contributed by atoms with Gasteiger partial charge in [0.15, 0.2) is 0 Å². The third-order valence-corrected chi connectivity index (χ3v) is 5.22. The molecule has 20 heavy (non-hydrogen) atoms. The van der Waals surface area contributed by atoms with E-state index < -0.39 is 11.9 Å². The highest BCUT2D eigenvalue weighted by Crippen LogP contribution is 2.37. The van der Waals surface area contributed by atoms with Gasteiger partial charge in [0.25, 0.3) is 0 Å². The third-order valence-electron chi connectivity index (χ3n) is 3.45. The largest absolute Gasteiger partial charge is 0.481 e. The van der Waals surface area contributed by atoms with Crippen molar-refractivity contribution < 1.29 is 14.7 Å². The number of benzene rings is 1. The van der Waals surface area contributed by atoms with Crippen molar-refractivity contribution in [2.45, 2.75) is 19.3 Å². The van der Waals surface area contributed by atoms with Gasteiger partial charge in [-0.3, -0.25) is 9.59 Å². The second-order valence-corrected chi connectivity index (χ2v) is 6.37. The van der Waals surface area contributed by atoms with Crippen LogP contribution in [0, 0.1) is 11.8 Å². The summed E-state index contributed by atoms with van der Waals surface area (Å²) in [5.74, 6) is -1.79. The average molecular weight is 381 g/mol. The number of anilines is 1. The number of carboxylic acid groups (broad SMARTS) is 1. The zero-order chi connectivity index (χ0) is 14.9. The molecule has 1 aromatic rings. The molecule has 1 fully saturated rings. The van der Waals surface area contributed by atoms with Crippen molar-refractivity contribution in [1.82, 2.24) is 0 Å². The summed E-state index contributed by atoms with van der Waals surface area (Å²) in [6.45, 7) is 0. The first-order valence-electron chi connectivity index (χ1n) is 6.07. The van der Waals surface area contributed by atoms with Gasteiger partial charge in [-0.15, -0.1) is 0 Å². The van der Waals surface area contributed by atoms with Gasteiger partial charge in [-0.05, 0) is 47.3 Å². The number of nitrogens with one attached hydrogen (secondary N) is 1. The van der Waals surface area contributed by atoms with E-state index >= 15 is 0 Å². The van der Waals surface area contributed by atoms with Crippen LogP contribution < -0.4 is 5.32 Å². The van der Waals surface area contributed by atoms with Gasteiger partial charge in [0.1, 0.15) is 0 Å². The van der Waals surface area contributed by atoms with Crippen LogP contribution >= 0.6 is 39.1 Å². The van der Waals surface area contributed by atoms with Gasteiger partial charge in [-0.25, -0.2) is 0 Å². The zero-order valence-corrected chi connectivity index (χ0v) is 13.4. The fraction of sp³-hybridized carbons (Fsp3) is 0.385. The monoisotopic (exact) mass is 379 g/mol. The predicted octanol–water partition coefficient (Wildman–Crippen LogP) is 4.20. The van der Waals surface area contributed by atoms with E-state index in [0.29, 0.717) is 34.4 Å². The van der Waals surface area contributed by atoms with Crippen LogP contribution in [-0.2, 0) is 9.59 Å². The van der Waals surface area contributed by atoms with Gasteiger partial charge in [0.05, 0.1) is 21.7 Å². The first kappa shape index (κ1) is 15.6. The lowest BCUT2D eigenvalue weighted by Gasteiger charge is -2.13. The molecule has 0 saturated heterocycles. The maximum Gasteiger partial charge on any atom is 0.306 e. The Hall–Kier alpha value is -0.780. The van der Waals surface area contributed by atoms with Crippen LogP contribution in [0.1, 0.15) is 19.3 Å². The van der Waals surface area contributed by atoms with E-state index in [-0.39, 0.29) is 16.8 Å². The van der Waals surface area contributed by atoms with E-state index in [4.69, 9.17) is 28.3 Å². The first-order chi connectivity index (χ1) is 9.40. The molecule has 0 aromatic heterocycles. The van der Waals surface area contributed by atoms with E-state index in [9.17, 15) is 9.59 Å². The van der Waals surface area contributed by atoms with Gasteiger partial charge >= 0.3 is 5.97 Å². The van der Waals surface area contributed by atoms with Gasteiger partial charge in [-0.1, -0.05) is 23.2 Å². The SMILES string of the molecule is O=C(O)[C@H]1CC[C@@H](C(=O)Nc2ccc(Br)c(Cl)c2Cl)C1. The number of halogens is 3. The highest BCUT2D eigenvalue weighted by Gasteiger charge is 2.34. The summed E-state index contributed by atoms with van der Waals surface area (Å²) in [5, 5.41) is 12.2. The fourth-order valence-electron chi connectivity index (χ4n) is 2.30. The number of amides is 1. The Morgan fingerprint density at radius 2 is 1.85 bits per heavy atom. The Balaban J connectivity index is 2.06. The lowest BCUT2D eigenvalue weighted by Crippen LogP contribution is -2.21. The topological polar surface area (TPSA) is 66.4 Å². The van der Waals surface area contributed by atoms with Crippen LogP contribution in [0.4, 0.5) is 5.69 Å². The van der Waals surface area contributed by atoms with Crippen molar-refractivity contribution in [1.29, 1.82) is 0 Å². The van der Waals surface area contributed by atoms with Crippen LogP contribution in [0.25, 0.3) is 0 Å². The van der Waals surface area contributed by atoms with Crippen LogP contribution in [0.15, 0.2) is 16.6 Å². The van der Waals surface area contributed by atoms with Crippen molar-refractivity contribution in [3.8, 4) is 0 Å². The fourth-order valence-corrected chi connectivity index (χ4v) is 3.12. The summed E-state index contributed by atoms with van der Waals surface area (Å²) < 4.78 is 0.647. The molecular weight excluding hydrogens is 369 g/mol.